The van der Waals surface area contributed by atoms with Crippen LogP contribution in [0.15, 0.2) is 48.5 Å². The Kier molecular flexibility index (Phi) is 5.07. The van der Waals surface area contributed by atoms with Crippen molar-refractivity contribution in [3.05, 3.63) is 70.8 Å². The number of benzene rings is 2. The third-order valence-corrected chi connectivity index (χ3v) is 5.67. The lowest BCUT2D eigenvalue weighted by Crippen LogP contribution is -2.52. The summed E-state index contributed by atoms with van der Waals surface area (Å²) < 4.78 is 0. The van der Waals surface area contributed by atoms with Crippen molar-refractivity contribution in [2.45, 2.75) is 38.1 Å². The van der Waals surface area contributed by atoms with Crippen molar-refractivity contribution in [3.8, 4) is 0 Å². The number of nitrogens with two attached hydrogens (primary N) is 1. The predicted molar refractivity (Wildman–Crippen MR) is 103 cm³/mol. The topological polar surface area (TPSA) is 101 Å². The Balaban J connectivity index is 1.99. The maximum atomic E-state index is 12.1. The molecule has 3 unspecified atom stereocenters. The molecule has 0 radical (unpaired) electrons. The number of aryl methyl sites for hydroxylation is 2. The van der Waals surface area contributed by atoms with Gasteiger partial charge in [-0.2, -0.15) is 0 Å². The molecule has 0 amide bonds. The van der Waals surface area contributed by atoms with E-state index in [0.29, 0.717) is 6.42 Å². The van der Waals surface area contributed by atoms with Gasteiger partial charge in [-0.25, -0.2) is 0 Å². The maximum Gasteiger partial charge on any atom is 0.324 e. The summed E-state index contributed by atoms with van der Waals surface area (Å²) in [5.74, 6) is -3.56. The highest BCUT2D eigenvalue weighted by Crippen LogP contribution is 2.49. The zero-order valence-corrected chi connectivity index (χ0v) is 15.6. The molecule has 0 saturated heterocycles. The highest BCUT2D eigenvalue weighted by Gasteiger charge is 2.58. The van der Waals surface area contributed by atoms with Gasteiger partial charge in [0.15, 0.2) is 0 Å². The van der Waals surface area contributed by atoms with E-state index in [4.69, 9.17) is 5.73 Å². The summed E-state index contributed by atoms with van der Waals surface area (Å²) in [6.45, 7) is 3.99. The van der Waals surface area contributed by atoms with E-state index in [2.05, 4.69) is 0 Å². The summed E-state index contributed by atoms with van der Waals surface area (Å²) in [7, 11) is 0. The zero-order chi connectivity index (χ0) is 19.8. The second-order valence-corrected chi connectivity index (χ2v) is 7.71. The van der Waals surface area contributed by atoms with Gasteiger partial charge in [0, 0.05) is 11.8 Å². The molecule has 0 aliphatic heterocycles. The predicted octanol–water partition coefficient (Wildman–Crippen LogP) is 3.33. The van der Waals surface area contributed by atoms with Crippen LogP contribution in [0.5, 0.6) is 0 Å². The highest BCUT2D eigenvalue weighted by atomic mass is 16.4. The summed E-state index contributed by atoms with van der Waals surface area (Å²) in [4.78, 5) is 23.4. The van der Waals surface area contributed by atoms with Gasteiger partial charge in [0.05, 0.1) is 5.92 Å². The Morgan fingerprint density at radius 3 is 1.78 bits per heavy atom. The van der Waals surface area contributed by atoms with E-state index in [1.165, 1.54) is 0 Å². The standard InChI is InChI=1S/C22H25NO4/c1-13-3-7-15(8-4-13)18(16-9-5-14(2)6-10-16)12-22(23,21(26)27)19-11-17(19)20(24)25/h3-10,17-19H,11-12,23H2,1-2H3,(H,24,25)(H,26,27). The molecule has 5 heteroatoms. The van der Waals surface area contributed by atoms with Gasteiger partial charge >= 0.3 is 11.9 Å². The second-order valence-electron chi connectivity index (χ2n) is 7.71. The molecular weight excluding hydrogens is 342 g/mol. The van der Waals surface area contributed by atoms with Gasteiger partial charge in [0.1, 0.15) is 5.54 Å². The number of hydrogen-bond donors (Lipinski definition) is 3. The van der Waals surface area contributed by atoms with Crippen LogP contribution in [0.25, 0.3) is 0 Å². The van der Waals surface area contributed by atoms with Crippen LogP contribution in [0.3, 0.4) is 0 Å². The van der Waals surface area contributed by atoms with Crippen molar-refractivity contribution in [2.24, 2.45) is 17.6 Å². The zero-order valence-electron chi connectivity index (χ0n) is 15.6. The molecule has 4 N–H and O–H groups in total. The second kappa shape index (κ2) is 7.16. The molecule has 27 heavy (non-hydrogen) atoms. The number of carbonyl (C=O) groups is 2. The lowest BCUT2D eigenvalue weighted by molar-refractivity contribution is -0.145. The molecule has 3 atom stereocenters. The van der Waals surface area contributed by atoms with Crippen molar-refractivity contribution in [2.75, 3.05) is 0 Å². The Morgan fingerprint density at radius 2 is 1.44 bits per heavy atom. The molecule has 5 nitrogen and oxygen atoms in total. The minimum atomic E-state index is -1.58. The molecule has 3 rings (SSSR count). The first kappa shape index (κ1) is 19.1. The first-order valence-electron chi connectivity index (χ1n) is 9.10. The molecule has 1 saturated carbocycles. The van der Waals surface area contributed by atoms with Crippen LogP contribution in [-0.4, -0.2) is 27.7 Å². The molecular formula is C22H25NO4. The number of aliphatic carboxylic acids is 2. The number of carboxylic acids is 2. The molecule has 1 aliphatic rings. The summed E-state index contributed by atoms with van der Waals surface area (Å²) in [5, 5.41) is 19.1. The van der Waals surface area contributed by atoms with E-state index >= 15 is 0 Å². The summed E-state index contributed by atoms with van der Waals surface area (Å²) in [6, 6.07) is 15.9. The number of hydrogen-bond acceptors (Lipinski definition) is 3. The van der Waals surface area contributed by atoms with Gasteiger partial charge in [-0.3, -0.25) is 9.59 Å². The Labute approximate surface area is 158 Å². The Morgan fingerprint density at radius 1 is 1.00 bits per heavy atom. The molecule has 0 bridgehead atoms. The maximum absolute atomic E-state index is 12.1. The SMILES string of the molecule is Cc1ccc(C(CC(N)(C(=O)O)C2CC2C(=O)O)c2ccc(C)cc2)cc1. The smallest absolute Gasteiger partial charge is 0.324 e. The van der Waals surface area contributed by atoms with Crippen molar-refractivity contribution in [1.29, 1.82) is 0 Å². The van der Waals surface area contributed by atoms with Crippen molar-refractivity contribution in [3.63, 3.8) is 0 Å². The third-order valence-electron chi connectivity index (χ3n) is 5.67. The van der Waals surface area contributed by atoms with E-state index in [0.717, 1.165) is 22.3 Å². The van der Waals surface area contributed by atoms with Crippen molar-refractivity contribution < 1.29 is 19.8 Å². The van der Waals surface area contributed by atoms with Crippen LogP contribution in [-0.2, 0) is 9.59 Å². The number of rotatable bonds is 7. The minimum Gasteiger partial charge on any atom is -0.481 e. The highest BCUT2D eigenvalue weighted by molar-refractivity contribution is 5.83. The first-order valence-corrected chi connectivity index (χ1v) is 9.10. The van der Waals surface area contributed by atoms with Crippen molar-refractivity contribution >= 4 is 11.9 Å². The molecule has 1 aliphatic carbocycles. The van der Waals surface area contributed by atoms with E-state index in [1.54, 1.807) is 0 Å². The molecule has 142 valence electrons. The van der Waals surface area contributed by atoms with Crippen molar-refractivity contribution in [1.82, 2.24) is 0 Å². The Hall–Kier alpha value is -2.66. The van der Waals surface area contributed by atoms with Gasteiger partial charge in [-0.1, -0.05) is 59.7 Å². The van der Waals surface area contributed by atoms with Crippen LogP contribution in [0.1, 0.15) is 41.0 Å². The summed E-state index contributed by atoms with van der Waals surface area (Å²) in [5.41, 5.74) is 8.96. The molecule has 2 aromatic rings. The molecule has 0 spiro atoms. The quantitative estimate of drug-likeness (QED) is 0.697. The summed E-state index contributed by atoms with van der Waals surface area (Å²) in [6.07, 6.45) is 0.468. The van der Waals surface area contributed by atoms with Crippen LogP contribution >= 0.6 is 0 Å². The van der Waals surface area contributed by atoms with Gasteiger partial charge < -0.3 is 15.9 Å². The van der Waals surface area contributed by atoms with Crippen LogP contribution in [0.2, 0.25) is 0 Å². The van der Waals surface area contributed by atoms with E-state index in [-0.39, 0.29) is 12.3 Å². The lowest BCUT2D eigenvalue weighted by atomic mass is 9.77. The van der Waals surface area contributed by atoms with Crippen LogP contribution in [0, 0.1) is 25.7 Å². The van der Waals surface area contributed by atoms with Crippen LogP contribution in [0.4, 0.5) is 0 Å². The van der Waals surface area contributed by atoms with Gasteiger partial charge in [-0.15, -0.1) is 0 Å². The largest absolute Gasteiger partial charge is 0.481 e. The third kappa shape index (κ3) is 3.88. The van der Waals surface area contributed by atoms with E-state index in [9.17, 15) is 19.8 Å². The fourth-order valence-electron chi connectivity index (χ4n) is 3.80. The first-order chi connectivity index (χ1) is 12.7. The van der Waals surface area contributed by atoms with E-state index < -0.39 is 29.3 Å². The monoisotopic (exact) mass is 367 g/mol. The van der Waals surface area contributed by atoms with Gasteiger partial charge in [-0.05, 0) is 37.8 Å². The molecule has 1 fully saturated rings. The molecule has 0 aromatic heterocycles. The number of carboxylic acid groups (broad SMARTS) is 2. The normalized spacial score (nSPS) is 20.9. The van der Waals surface area contributed by atoms with Crippen LogP contribution < -0.4 is 5.73 Å². The summed E-state index contributed by atoms with van der Waals surface area (Å²) >= 11 is 0. The lowest BCUT2D eigenvalue weighted by Gasteiger charge is -2.30. The minimum absolute atomic E-state index is 0.156. The van der Waals surface area contributed by atoms with Gasteiger partial charge in [0.2, 0.25) is 0 Å². The molecule has 2 aromatic carbocycles. The van der Waals surface area contributed by atoms with Gasteiger partial charge in [0.25, 0.3) is 0 Å². The molecule has 0 heterocycles. The average Bonchev–Trinajstić information content (AvgIpc) is 3.43. The fraction of sp³-hybridized carbons (Fsp3) is 0.364. The average molecular weight is 367 g/mol. The fourth-order valence-corrected chi connectivity index (χ4v) is 3.80. The Bertz CT molecular complexity index is 798. The van der Waals surface area contributed by atoms with E-state index in [1.807, 2.05) is 62.4 Å².